The Balaban J connectivity index is 2.54. The highest BCUT2D eigenvalue weighted by atomic mass is 28.3. The molecule has 0 amide bonds. The molecule has 0 radical (unpaired) electrons. The number of benzene rings is 1. The van der Waals surface area contributed by atoms with Crippen molar-refractivity contribution in [2.24, 2.45) is 0 Å². The van der Waals surface area contributed by atoms with Crippen LogP contribution in [0.2, 0.25) is 25.7 Å². The Hall–Kier alpha value is -1.04. The lowest BCUT2D eigenvalue weighted by Crippen LogP contribution is -2.17. The van der Waals surface area contributed by atoms with Crippen molar-refractivity contribution < 1.29 is 5.11 Å². The van der Waals surface area contributed by atoms with Crippen molar-refractivity contribution >= 4 is 8.07 Å². The van der Waals surface area contributed by atoms with Gasteiger partial charge in [0.25, 0.3) is 0 Å². The van der Waals surface area contributed by atoms with Gasteiger partial charge in [-0.05, 0) is 31.2 Å². The third kappa shape index (κ3) is 7.52. The zero-order valence-electron chi connectivity index (χ0n) is 13.3. The second-order valence-corrected chi connectivity index (χ2v) is 12.3. The fourth-order valence-electron chi connectivity index (χ4n) is 2.22. The molecule has 0 aliphatic carbocycles. The average Bonchev–Trinajstić information content (AvgIpc) is 2.36. The summed E-state index contributed by atoms with van der Waals surface area (Å²) < 4.78 is 0. The van der Waals surface area contributed by atoms with Gasteiger partial charge >= 0.3 is 0 Å². The summed E-state index contributed by atoms with van der Waals surface area (Å²) in [6.07, 6.45) is 2.53. The van der Waals surface area contributed by atoms with E-state index in [0.29, 0.717) is 5.92 Å². The van der Waals surface area contributed by atoms with E-state index >= 15 is 0 Å². The normalized spacial score (nSPS) is 14.2. The van der Waals surface area contributed by atoms with E-state index in [-0.39, 0.29) is 6.10 Å². The van der Waals surface area contributed by atoms with Gasteiger partial charge in [-0.15, -0.1) is 11.8 Å². The van der Waals surface area contributed by atoms with Crippen LogP contribution in [0.1, 0.15) is 37.7 Å². The minimum absolute atomic E-state index is 0.254. The Morgan fingerprint density at radius 3 is 2.30 bits per heavy atom. The zero-order valence-corrected chi connectivity index (χ0v) is 14.3. The van der Waals surface area contributed by atoms with Crippen molar-refractivity contribution in [3.63, 3.8) is 0 Å². The second kappa shape index (κ2) is 8.29. The van der Waals surface area contributed by atoms with Crippen molar-refractivity contribution in [1.82, 2.24) is 0 Å². The number of rotatable bonds is 6. The molecule has 0 bridgehead atoms. The Morgan fingerprint density at radius 1 is 1.10 bits per heavy atom. The molecule has 0 saturated heterocycles. The maximum Gasteiger partial charge on any atom is 0.0573 e. The molecule has 110 valence electrons. The highest BCUT2D eigenvalue weighted by molar-refractivity contribution is 6.76. The van der Waals surface area contributed by atoms with E-state index in [2.05, 4.69) is 55.7 Å². The Morgan fingerprint density at radius 2 is 1.75 bits per heavy atom. The third-order valence-electron chi connectivity index (χ3n) is 3.26. The van der Waals surface area contributed by atoms with Crippen LogP contribution in [0.25, 0.3) is 0 Å². The molecule has 0 spiro atoms. The van der Waals surface area contributed by atoms with E-state index in [9.17, 15) is 5.11 Å². The SMILES string of the molecule is CC(O)CC(CCC#CC[Si](C)(C)C)c1ccccc1. The first kappa shape index (κ1) is 17.0. The first-order chi connectivity index (χ1) is 9.38. The highest BCUT2D eigenvalue weighted by Crippen LogP contribution is 2.26. The van der Waals surface area contributed by atoms with Gasteiger partial charge in [0.15, 0.2) is 0 Å². The summed E-state index contributed by atoms with van der Waals surface area (Å²) in [6.45, 7) is 8.92. The van der Waals surface area contributed by atoms with Gasteiger partial charge in [0.05, 0.1) is 14.2 Å². The molecule has 1 aromatic rings. The lowest BCUT2D eigenvalue weighted by molar-refractivity contribution is 0.172. The molecule has 2 heteroatoms. The highest BCUT2D eigenvalue weighted by Gasteiger charge is 2.13. The monoisotopic (exact) mass is 288 g/mol. The predicted octanol–water partition coefficient (Wildman–Crippen LogP) is 4.66. The van der Waals surface area contributed by atoms with E-state index in [1.807, 2.05) is 13.0 Å². The molecule has 20 heavy (non-hydrogen) atoms. The van der Waals surface area contributed by atoms with Crippen molar-refractivity contribution in [3.05, 3.63) is 35.9 Å². The van der Waals surface area contributed by atoms with Gasteiger partial charge < -0.3 is 5.11 Å². The standard InChI is InChI=1S/C18H28OSi/c1-16(19)15-18(17-11-7-5-8-12-17)13-9-6-10-14-20(2,3)4/h5,7-8,11-12,16,18-19H,9,13-15H2,1-4H3. The molecule has 1 aromatic carbocycles. The number of hydrogen-bond acceptors (Lipinski definition) is 1. The van der Waals surface area contributed by atoms with Gasteiger partial charge in [0.2, 0.25) is 0 Å². The van der Waals surface area contributed by atoms with Crippen molar-refractivity contribution in [1.29, 1.82) is 0 Å². The summed E-state index contributed by atoms with van der Waals surface area (Å²) >= 11 is 0. The molecule has 2 unspecified atom stereocenters. The van der Waals surface area contributed by atoms with Crippen molar-refractivity contribution in [2.45, 2.75) is 63.9 Å². The Kier molecular flexibility index (Phi) is 7.05. The fraction of sp³-hybridized carbons (Fsp3) is 0.556. The number of aliphatic hydroxyl groups is 1. The number of hydrogen-bond donors (Lipinski definition) is 1. The van der Waals surface area contributed by atoms with Crippen LogP contribution in [0, 0.1) is 11.8 Å². The van der Waals surface area contributed by atoms with E-state index in [1.54, 1.807) is 0 Å². The molecule has 0 aliphatic heterocycles. The van der Waals surface area contributed by atoms with E-state index in [0.717, 1.165) is 25.3 Å². The summed E-state index contributed by atoms with van der Waals surface area (Å²) in [4.78, 5) is 0. The van der Waals surface area contributed by atoms with Crippen molar-refractivity contribution in [2.75, 3.05) is 0 Å². The molecular weight excluding hydrogens is 260 g/mol. The van der Waals surface area contributed by atoms with E-state index in [1.165, 1.54) is 5.56 Å². The molecule has 1 rings (SSSR count). The van der Waals surface area contributed by atoms with Crippen LogP contribution in [-0.2, 0) is 0 Å². The maximum atomic E-state index is 9.66. The molecule has 0 saturated carbocycles. The minimum Gasteiger partial charge on any atom is -0.393 e. The Bertz CT molecular complexity index is 434. The second-order valence-electron chi connectivity index (χ2n) is 6.82. The summed E-state index contributed by atoms with van der Waals surface area (Å²) in [7, 11) is -1.04. The van der Waals surface area contributed by atoms with Crippen LogP contribution in [0.5, 0.6) is 0 Å². The summed E-state index contributed by atoms with van der Waals surface area (Å²) in [6, 6.07) is 11.6. The lowest BCUT2D eigenvalue weighted by atomic mass is 9.89. The van der Waals surface area contributed by atoms with Crippen LogP contribution in [0.3, 0.4) is 0 Å². The van der Waals surface area contributed by atoms with E-state index in [4.69, 9.17) is 0 Å². The van der Waals surface area contributed by atoms with Gasteiger partial charge in [-0.2, -0.15) is 0 Å². The smallest absolute Gasteiger partial charge is 0.0573 e. The van der Waals surface area contributed by atoms with Gasteiger partial charge in [0.1, 0.15) is 0 Å². The minimum atomic E-state index is -1.04. The summed E-state index contributed by atoms with van der Waals surface area (Å²) in [5, 5.41) is 9.66. The molecule has 1 nitrogen and oxygen atoms in total. The van der Waals surface area contributed by atoms with Crippen LogP contribution in [0.15, 0.2) is 30.3 Å². The predicted molar refractivity (Wildman–Crippen MR) is 90.6 cm³/mol. The van der Waals surface area contributed by atoms with Crippen molar-refractivity contribution in [3.8, 4) is 11.8 Å². The van der Waals surface area contributed by atoms with E-state index < -0.39 is 8.07 Å². The van der Waals surface area contributed by atoms with Gasteiger partial charge in [-0.3, -0.25) is 0 Å². The van der Waals surface area contributed by atoms with Gasteiger partial charge in [-0.25, -0.2) is 0 Å². The number of aliphatic hydroxyl groups excluding tert-OH is 1. The first-order valence-corrected chi connectivity index (χ1v) is 11.3. The molecular formula is C18H28OSi. The zero-order chi connectivity index (χ0) is 15.0. The van der Waals surface area contributed by atoms with Crippen LogP contribution < -0.4 is 0 Å². The molecule has 0 fully saturated rings. The van der Waals surface area contributed by atoms with Gasteiger partial charge in [-0.1, -0.05) is 50.0 Å². The molecule has 0 heterocycles. The van der Waals surface area contributed by atoms with Crippen LogP contribution in [0.4, 0.5) is 0 Å². The van der Waals surface area contributed by atoms with Crippen LogP contribution >= 0.6 is 0 Å². The van der Waals surface area contributed by atoms with Gasteiger partial charge in [0, 0.05) is 12.5 Å². The third-order valence-corrected chi connectivity index (χ3v) is 4.50. The molecule has 0 aliphatic rings. The molecule has 2 atom stereocenters. The summed E-state index contributed by atoms with van der Waals surface area (Å²) in [5.41, 5.74) is 1.32. The quantitative estimate of drug-likeness (QED) is 0.596. The van der Waals surface area contributed by atoms with Crippen LogP contribution in [-0.4, -0.2) is 19.3 Å². The first-order valence-electron chi connectivity index (χ1n) is 7.57. The fourth-order valence-corrected chi connectivity index (χ4v) is 2.88. The Labute approximate surface area is 125 Å². The summed E-state index contributed by atoms with van der Waals surface area (Å²) in [5.74, 6) is 7.07. The average molecular weight is 289 g/mol. The molecule has 0 aromatic heterocycles. The largest absolute Gasteiger partial charge is 0.393 e. The lowest BCUT2D eigenvalue weighted by Gasteiger charge is -2.18. The topological polar surface area (TPSA) is 20.2 Å². The maximum absolute atomic E-state index is 9.66. The molecule has 1 N–H and O–H groups in total.